The Balaban J connectivity index is 1.95. The number of hydrogen-bond donors (Lipinski definition) is 1. The predicted octanol–water partition coefficient (Wildman–Crippen LogP) is 0.366. The molecule has 0 aromatic rings. The Morgan fingerprint density at radius 2 is 2.09 bits per heavy atom. The van der Waals surface area contributed by atoms with Crippen molar-refractivity contribution in [3.05, 3.63) is 0 Å². The Hall–Kier alpha value is -1.24. The number of rotatable bonds is 0. The summed E-state index contributed by atoms with van der Waals surface area (Å²) in [6, 6.07) is 2.18. The highest BCUT2D eigenvalue weighted by Crippen LogP contribution is 2.50. The van der Waals surface area contributed by atoms with Crippen molar-refractivity contribution in [3.8, 4) is 6.07 Å². The summed E-state index contributed by atoms with van der Waals surface area (Å²) < 4.78 is 0. The van der Waals surface area contributed by atoms with E-state index in [1.165, 1.54) is 4.90 Å². The molecule has 3 atom stereocenters. The summed E-state index contributed by atoms with van der Waals surface area (Å²) in [5, 5.41) is 17.1. The molecule has 1 saturated carbocycles. The second-order valence-corrected chi connectivity index (χ2v) is 3.17. The first kappa shape index (κ1) is 6.47. The smallest absolute Gasteiger partial charge is 0.407 e. The third kappa shape index (κ3) is 0.773. The van der Waals surface area contributed by atoms with Gasteiger partial charge >= 0.3 is 6.09 Å². The molecular formula is C7H8N2O2. The Morgan fingerprint density at radius 1 is 1.55 bits per heavy atom. The van der Waals surface area contributed by atoms with Gasteiger partial charge in [0.25, 0.3) is 0 Å². The molecule has 1 heterocycles. The standard InChI is InChI=1S/C7H8N2O2/c8-1-4-5-2-9(7(10)11)3-6(4)5/h4-6H,2-3H2,(H,10,11)/t4?,5-,6+. The van der Waals surface area contributed by atoms with Crippen LogP contribution in [0.3, 0.4) is 0 Å². The topological polar surface area (TPSA) is 64.3 Å². The van der Waals surface area contributed by atoms with Crippen LogP contribution in [0, 0.1) is 29.1 Å². The van der Waals surface area contributed by atoms with Crippen LogP contribution in [0.25, 0.3) is 0 Å². The van der Waals surface area contributed by atoms with Crippen LogP contribution in [0.2, 0.25) is 0 Å². The number of fused-ring (bicyclic) bond motifs is 1. The van der Waals surface area contributed by atoms with Crippen molar-refractivity contribution in [1.29, 1.82) is 5.26 Å². The molecule has 4 nitrogen and oxygen atoms in total. The fourth-order valence-corrected chi connectivity index (χ4v) is 1.87. The SMILES string of the molecule is N#CC1[C@H]2CN(C(=O)O)C[C@@H]12. The molecule has 0 radical (unpaired) electrons. The maximum absolute atomic E-state index is 10.4. The van der Waals surface area contributed by atoms with Gasteiger partial charge in [0.1, 0.15) is 0 Å². The van der Waals surface area contributed by atoms with E-state index >= 15 is 0 Å². The zero-order valence-corrected chi connectivity index (χ0v) is 5.90. The van der Waals surface area contributed by atoms with E-state index in [0.717, 1.165) is 0 Å². The van der Waals surface area contributed by atoms with E-state index in [9.17, 15) is 4.79 Å². The Morgan fingerprint density at radius 3 is 2.45 bits per heavy atom. The van der Waals surface area contributed by atoms with Crippen molar-refractivity contribution in [1.82, 2.24) is 4.90 Å². The van der Waals surface area contributed by atoms with Gasteiger partial charge in [0.15, 0.2) is 0 Å². The van der Waals surface area contributed by atoms with Crippen LogP contribution in [0.15, 0.2) is 0 Å². The highest BCUT2D eigenvalue weighted by atomic mass is 16.4. The average Bonchev–Trinajstić information content (AvgIpc) is 2.41. The van der Waals surface area contributed by atoms with Crippen LogP contribution in [0.4, 0.5) is 4.79 Å². The molecule has 1 N–H and O–H groups in total. The molecule has 4 heteroatoms. The van der Waals surface area contributed by atoms with Gasteiger partial charge in [-0.15, -0.1) is 0 Å². The minimum Gasteiger partial charge on any atom is -0.465 e. The minimum absolute atomic E-state index is 0.144. The summed E-state index contributed by atoms with van der Waals surface area (Å²) in [4.78, 5) is 11.8. The molecule has 58 valence electrons. The highest BCUT2D eigenvalue weighted by molar-refractivity contribution is 5.65. The van der Waals surface area contributed by atoms with Crippen LogP contribution >= 0.6 is 0 Å². The molecule has 1 saturated heterocycles. The molecule has 2 rings (SSSR count). The van der Waals surface area contributed by atoms with Crippen molar-refractivity contribution in [2.45, 2.75) is 0 Å². The normalized spacial score (nSPS) is 39.5. The molecule has 0 aromatic heterocycles. The summed E-state index contributed by atoms with van der Waals surface area (Å²) in [6.45, 7) is 1.14. The number of nitriles is 1. The molecule has 2 aliphatic rings. The molecular weight excluding hydrogens is 144 g/mol. The zero-order valence-electron chi connectivity index (χ0n) is 5.90. The lowest BCUT2D eigenvalue weighted by molar-refractivity contribution is 0.149. The van der Waals surface area contributed by atoms with Gasteiger partial charge in [-0.25, -0.2) is 4.79 Å². The van der Waals surface area contributed by atoms with Gasteiger partial charge in [-0.3, -0.25) is 0 Å². The van der Waals surface area contributed by atoms with E-state index in [1.807, 2.05) is 0 Å². The molecule has 1 aliphatic heterocycles. The molecule has 11 heavy (non-hydrogen) atoms. The molecule has 0 bridgehead atoms. The zero-order chi connectivity index (χ0) is 8.01. The molecule has 2 fully saturated rings. The molecule has 0 aromatic carbocycles. The van der Waals surface area contributed by atoms with Crippen LogP contribution in [-0.2, 0) is 0 Å². The number of nitrogens with zero attached hydrogens (tertiary/aromatic N) is 2. The van der Waals surface area contributed by atoms with Gasteiger partial charge in [0.05, 0.1) is 12.0 Å². The van der Waals surface area contributed by atoms with Crippen LogP contribution in [0.5, 0.6) is 0 Å². The number of likely N-dealkylation sites (tertiary alicyclic amines) is 1. The van der Waals surface area contributed by atoms with Crippen LogP contribution in [-0.4, -0.2) is 29.2 Å². The second-order valence-electron chi connectivity index (χ2n) is 3.17. The minimum atomic E-state index is -0.853. The van der Waals surface area contributed by atoms with E-state index in [4.69, 9.17) is 10.4 Å². The van der Waals surface area contributed by atoms with Crippen LogP contribution in [0.1, 0.15) is 0 Å². The number of hydrogen-bond acceptors (Lipinski definition) is 2. The Labute approximate surface area is 64.0 Å². The van der Waals surface area contributed by atoms with Crippen molar-refractivity contribution < 1.29 is 9.90 Å². The van der Waals surface area contributed by atoms with Gasteiger partial charge in [0.2, 0.25) is 0 Å². The van der Waals surface area contributed by atoms with Gasteiger partial charge in [-0.2, -0.15) is 5.26 Å². The van der Waals surface area contributed by atoms with Crippen LogP contribution < -0.4 is 0 Å². The predicted molar refractivity (Wildman–Crippen MR) is 35.7 cm³/mol. The lowest BCUT2D eigenvalue weighted by Gasteiger charge is -2.13. The lowest BCUT2D eigenvalue weighted by Crippen LogP contribution is -2.29. The maximum atomic E-state index is 10.4. The molecule has 0 spiro atoms. The van der Waals surface area contributed by atoms with Crippen molar-refractivity contribution in [3.63, 3.8) is 0 Å². The van der Waals surface area contributed by atoms with E-state index in [-0.39, 0.29) is 5.92 Å². The first-order chi connectivity index (χ1) is 5.24. The molecule has 1 aliphatic carbocycles. The number of carbonyl (C=O) groups is 1. The van der Waals surface area contributed by atoms with E-state index in [1.54, 1.807) is 0 Å². The van der Waals surface area contributed by atoms with Crippen molar-refractivity contribution in [2.24, 2.45) is 17.8 Å². The molecule has 1 unspecified atom stereocenters. The quantitative estimate of drug-likeness (QED) is 0.545. The summed E-state index contributed by atoms with van der Waals surface area (Å²) in [6.07, 6.45) is -0.853. The van der Waals surface area contributed by atoms with E-state index < -0.39 is 6.09 Å². The average molecular weight is 152 g/mol. The highest BCUT2D eigenvalue weighted by Gasteiger charge is 2.57. The molecule has 1 amide bonds. The van der Waals surface area contributed by atoms with Gasteiger partial charge in [-0.05, 0) is 11.8 Å². The number of carboxylic acid groups (broad SMARTS) is 1. The summed E-state index contributed by atoms with van der Waals surface area (Å²) >= 11 is 0. The first-order valence-corrected chi connectivity index (χ1v) is 3.61. The first-order valence-electron chi connectivity index (χ1n) is 3.61. The third-order valence-electron chi connectivity index (χ3n) is 2.61. The maximum Gasteiger partial charge on any atom is 0.407 e. The van der Waals surface area contributed by atoms with E-state index in [2.05, 4.69) is 6.07 Å². The third-order valence-corrected chi connectivity index (χ3v) is 2.61. The van der Waals surface area contributed by atoms with Crippen molar-refractivity contribution in [2.75, 3.05) is 13.1 Å². The Bertz CT molecular complexity index is 233. The monoisotopic (exact) mass is 152 g/mol. The summed E-state index contributed by atoms with van der Waals surface area (Å²) in [5.41, 5.74) is 0. The van der Waals surface area contributed by atoms with Crippen molar-refractivity contribution >= 4 is 6.09 Å². The second kappa shape index (κ2) is 1.88. The number of amides is 1. The fourth-order valence-electron chi connectivity index (χ4n) is 1.87. The summed E-state index contributed by atoms with van der Waals surface area (Å²) in [7, 11) is 0. The Kier molecular flexibility index (Phi) is 1.10. The van der Waals surface area contributed by atoms with Gasteiger partial charge < -0.3 is 10.0 Å². The largest absolute Gasteiger partial charge is 0.465 e. The fraction of sp³-hybridized carbons (Fsp3) is 0.714. The van der Waals surface area contributed by atoms with E-state index in [0.29, 0.717) is 24.9 Å². The van der Waals surface area contributed by atoms with Gasteiger partial charge in [0, 0.05) is 13.1 Å². The van der Waals surface area contributed by atoms with Gasteiger partial charge in [-0.1, -0.05) is 0 Å². The summed E-state index contributed by atoms with van der Waals surface area (Å²) in [5.74, 6) is 0.831. The lowest BCUT2D eigenvalue weighted by atomic mass is 10.3. The number of piperidine rings is 1.